The lowest BCUT2D eigenvalue weighted by Crippen LogP contribution is -2.09. The van der Waals surface area contributed by atoms with E-state index in [9.17, 15) is 9.59 Å². The van der Waals surface area contributed by atoms with Crippen molar-refractivity contribution in [3.63, 3.8) is 0 Å². The zero-order chi connectivity index (χ0) is 19.6. The van der Waals surface area contributed by atoms with Crippen LogP contribution in [0, 0.1) is 6.92 Å². The van der Waals surface area contributed by atoms with E-state index in [1.54, 1.807) is 31.2 Å². The minimum absolute atomic E-state index is 0.0976. The number of rotatable bonds is 6. The minimum Gasteiger partial charge on any atom is -0.482 e. The van der Waals surface area contributed by atoms with Crippen LogP contribution in [0.3, 0.4) is 0 Å². The number of nitrogens with two attached hydrogens (primary N) is 1. The summed E-state index contributed by atoms with van der Waals surface area (Å²) < 4.78 is 10.2. The molecule has 0 bridgehead atoms. The summed E-state index contributed by atoms with van der Waals surface area (Å²) in [7, 11) is 0. The van der Waals surface area contributed by atoms with Gasteiger partial charge in [-0.2, -0.15) is 0 Å². The van der Waals surface area contributed by atoms with E-state index in [0.717, 1.165) is 11.1 Å². The van der Waals surface area contributed by atoms with Gasteiger partial charge in [-0.3, -0.25) is 0 Å². The molecule has 140 valence electrons. The van der Waals surface area contributed by atoms with Crippen LogP contribution in [0.5, 0.6) is 5.75 Å². The predicted molar refractivity (Wildman–Crippen MR) is 101 cm³/mol. The number of carbonyl (C=O) groups excluding carboxylic acids is 1. The molecule has 2 heterocycles. The molecule has 1 aromatic carbocycles. The van der Waals surface area contributed by atoms with Gasteiger partial charge in [-0.15, -0.1) is 11.3 Å². The molecule has 0 atom stereocenters. The third kappa shape index (κ3) is 3.98. The molecule has 0 unspecified atom stereocenters. The number of benzene rings is 1. The van der Waals surface area contributed by atoms with Crippen LogP contribution in [0.2, 0.25) is 0 Å². The molecule has 27 heavy (non-hydrogen) atoms. The smallest absolute Gasteiger partial charge is 0.348 e. The van der Waals surface area contributed by atoms with Crippen LogP contribution >= 0.6 is 11.3 Å². The Bertz CT molecular complexity index is 1030. The summed E-state index contributed by atoms with van der Waals surface area (Å²) in [5.41, 5.74) is 8.04. The maximum Gasteiger partial charge on any atom is 0.348 e. The molecular formula is C18H17N3O5S. The van der Waals surface area contributed by atoms with E-state index in [0.29, 0.717) is 26.5 Å². The highest BCUT2D eigenvalue weighted by Gasteiger charge is 2.18. The lowest BCUT2D eigenvalue weighted by Gasteiger charge is -2.10. The molecule has 3 rings (SSSR count). The Morgan fingerprint density at radius 1 is 1.26 bits per heavy atom. The number of aliphatic carboxylic acids is 1. The highest BCUT2D eigenvalue weighted by atomic mass is 32.1. The summed E-state index contributed by atoms with van der Waals surface area (Å²) >= 11 is 1.19. The van der Waals surface area contributed by atoms with Crippen molar-refractivity contribution in [1.82, 2.24) is 9.97 Å². The number of esters is 1. The van der Waals surface area contributed by atoms with Gasteiger partial charge in [-0.1, -0.05) is 0 Å². The molecule has 0 aliphatic heterocycles. The lowest BCUT2D eigenvalue weighted by molar-refractivity contribution is -0.139. The van der Waals surface area contributed by atoms with Crippen LogP contribution in [-0.4, -0.2) is 40.2 Å². The molecule has 0 aliphatic rings. The Hall–Kier alpha value is -3.20. The van der Waals surface area contributed by atoms with Gasteiger partial charge in [0.05, 0.1) is 12.3 Å². The first-order valence-corrected chi connectivity index (χ1v) is 8.90. The number of nitrogen functional groups attached to an aromatic ring is 1. The van der Waals surface area contributed by atoms with Crippen molar-refractivity contribution >= 4 is 39.4 Å². The molecule has 0 amide bonds. The van der Waals surface area contributed by atoms with Crippen molar-refractivity contribution in [3.05, 3.63) is 34.7 Å². The highest BCUT2D eigenvalue weighted by molar-refractivity contribution is 7.20. The minimum atomic E-state index is -1.05. The zero-order valence-electron chi connectivity index (χ0n) is 14.7. The average molecular weight is 387 g/mol. The number of nitrogens with zero attached hydrogens (tertiary/aromatic N) is 2. The number of thiophene rings is 1. The van der Waals surface area contributed by atoms with Gasteiger partial charge in [0, 0.05) is 10.9 Å². The van der Waals surface area contributed by atoms with Gasteiger partial charge in [0.1, 0.15) is 15.5 Å². The monoisotopic (exact) mass is 387 g/mol. The fraction of sp³-hybridized carbons (Fsp3) is 0.222. The second-order valence-electron chi connectivity index (χ2n) is 5.64. The summed E-state index contributed by atoms with van der Waals surface area (Å²) in [6.45, 7) is 3.46. The van der Waals surface area contributed by atoms with Gasteiger partial charge in [-0.25, -0.2) is 19.6 Å². The van der Waals surface area contributed by atoms with Crippen LogP contribution in [0.15, 0.2) is 24.3 Å². The lowest BCUT2D eigenvalue weighted by atomic mass is 10.0. The number of carboxylic acids is 1. The topological polar surface area (TPSA) is 125 Å². The number of ether oxygens (including phenoxy) is 2. The van der Waals surface area contributed by atoms with Gasteiger partial charge in [0.15, 0.2) is 6.61 Å². The van der Waals surface area contributed by atoms with Gasteiger partial charge < -0.3 is 20.3 Å². The summed E-state index contributed by atoms with van der Waals surface area (Å²) in [6.07, 6.45) is 0. The summed E-state index contributed by atoms with van der Waals surface area (Å²) in [5.74, 6) is -0.930. The van der Waals surface area contributed by atoms with Crippen molar-refractivity contribution in [2.24, 2.45) is 0 Å². The van der Waals surface area contributed by atoms with Crippen molar-refractivity contribution < 1.29 is 24.2 Å². The van der Waals surface area contributed by atoms with Gasteiger partial charge in [-0.05, 0) is 43.7 Å². The molecule has 3 aromatic rings. The molecular weight excluding hydrogens is 370 g/mol. The summed E-state index contributed by atoms with van der Waals surface area (Å²) in [5, 5.41) is 9.41. The zero-order valence-corrected chi connectivity index (χ0v) is 15.5. The van der Waals surface area contributed by atoms with Gasteiger partial charge in [0.2, 0.25) is 5.95 Å². The Morgan fingerprint density at radius 2 is 2.04 bits per heavy atom. The van der Waals surface area contributed by atoms with Crippen LogP contribution < -0.4 is 10.5 Å². The van der Waals surface area contributed by atoms with E-state index >= 15 is 0 Å². The number of fused-ring (bicyclic) bond motifs is 1. The molecule has 0 radical (unpaired) electrons. The first-order chi connectivity index (χ1) is 12.9. The van der Waals surface area contributed by atoms with E-state index in [1.165, 1.54) is 11.3 Å². The van der Waals surface area contributed by atoms with Crippen molar-refractivity contribution in [2.45, 2.75) is 13.8 Å². The highest BCUT2D eigenvalue weighted by Crippen LogP contribution is 2.35. The van der Waals surface area contributed by atoms with Gasteiger partial charge in [0.25, 0.3) is 0 Å². The molecule has 9 heteroatoms. The Labute approximate surface area is 158 Å². The number of anilines is 1. The van der Waals surface area contributed by atoms with E-state index < -0.39 is 18.5 Å². The SMILES string of the molecule is CCOC(=O)c1cc2c(-c3ccc(OCC(=O)O)cc3C)nc(N)nc2s1. The molecule has 8 nitrogen and oxygen atoms in total. The Balaban J connectivity index is 2.05. The number of aromatic nitrogens is 2. The second-order valence-corrected chi connectivity index (χ2v) is 6.67. The number of hydrogen-bond acceptors (Lipinski definition) is 8. The standard InChI is InChI=1S/C18H17N3O5S/c1-3-25-17(24)13-7-12-15(20-18(19)21-16(12)27-13)11-5-4-10(6-9(11)2)26-8-14(22)23/h4-7H,3,8H2,1-2H3,(H,22,23)(H2,19,20,21). The third-order valence-corrected chi connectivity index (χ3v) is 4.71. The first kappa shape index (κ1) is 18.6. The van der Waals surface area contributed by atoms with Gasteiger partial charge >= 0.3 is 11.9 Å². The van der Waals surface area contributed by atoms with E-state index in [1.807, 2.05) is 6.92 Å². The van der Waals surface area contributed by atoms with Crippen molar-refractivity contribution in [2.75, 3.05) is 18.9 Å². The van der Waals surface area contributed by atoms with E-state index in [2.05, 4.69) is 9.97 Å². The summed E-state index contributed by atoms with van der Waals surface area (Å²) in [6, 6.07) is 6.85. The Kier molecular flexibility index (Phi) is 5.22. The Morgan fingerprint density at radius 3 is 2.70 bits per heavy atom. The largest absolute Gasteiger partial charge is 0.482 e. The molecule has 2 aromatic heterocycles. The van der Waals surface area contributed by atoms with Crippen molar-refractivity contribution in [3.8, 4) is 17.0 Å². The number of carbonyl (C=O) groups is 2. The average Bonchev–Trinajstić information content (AvgIpc) is 3.03. The maximum absolute atomic E-state index is 12.0. The number of hydrogen-bond donors (Lipinski definition) is 2. The first-order valence-electron chi connectivity index (χ1n) is 8.08. The van der Waals surface area contributed by atoms with Crippen LogP contribution in [-0.2, 0) is 9.53 Å². The second kappa shape index (κ2) is 7.58. The molecule has 0 aliphatic carbocycles. The normalized spacial score (nSPS) is 10.7. The molecule has 0 fully saturated rings. The van der Waals surface area contributed by atoms with Crippen molar-refractivity contribution in [1.29, 1.82) is 0 Å². The summed E-state index contributed by atoms with van der Waals surface area (Å²) in [4.78, 5) is 32.2. The van der Waals surface area contributed by atoms with Crippen LogP contribution in [0.25, 0.3) is 21.5 Å². The van der Waals surface area contributed by atoms with E-state index in [-0.39, 0.29) is 12.6 Å². The predicted octanol–water partition coefficient (Wildman–Crippen LogP) is 2.89. The fourth-order valence-corrected chi connectivity index (χ4v) is 3.51. The maximum atomic E-state index is 12.0. The third-order valence-electron chi connectivity index (χ3n) is 3.70. The molecule has 0 saturated carbocycles. The molecule has 3 N–H and O–H groups in total. The number of aryl methyl sites for hydroxylation is 1. The van der Waals surface area contributed by atoms with Crippen LogP contribution in [0.4, 0.5) is 5.95 Å². The fourth-order valence-electron chi connectivity index (χ4n) is 2.58. The molecule has 0 saturated heterocycles. The van der Waals surface area contributed by atoms with E-state index in [4.69, 9.17) is 20.3 Å². The molecule has 0 spiro atoms. The number of carboxylic acid groups (broad SMARTS) is 1. The quantitative estimate of drug-likeness (QED) is 0.619. The van der Waals surface area contributed by atoms with Crippen LogP contribution in [0.1, 0.15) is 22.2 Å².